The molecule has 262 valence electrons. The van der Waals surface area contributed by atoms with Crippen LogP contribution in [0.25, 0.3) is 22.7 Å². The Morgan fingerprint density at radius 3 is 2.66 bits per heavy atom. The molecular weight excluding hydrogens is 670 g/mol. The number of fused-ring (bicyclic) bond motifs is 5. The molecule has 7 unspecified atom stereocenters. The first kappa shape index (κ1) is 33.7. The average Bonchev–Trinajstić information content (AvgIpc) is 3.47. The number of aryl methyl sites for hydroxylation is 1. The third-order valence-electron chi connectivity index (χ3n) is 9.15. The molecular formula is C35H36FN4O9P. The van der Waals surface area contributed by atoms with Gasteiger partial charge in [0.25, 0.3) is 5.56 Å². The highest BCUT2D eigenvalue weighted by Crippen LogP contribution is 2.55. The predicted octanol–water partition coefficient (Wildman–Crippen LogP) is 4.95. The number of hydrogen-bond donors (Lipinski definition) is 2. The van der Waals surface area contributed by atoms with Gasteiger partial charge < -0.3 is 23.3 Å². The summed E-state index contributed by atoms with van der Waals surface area (Å²) in [4.78, 5) is 39.8. The quantitative estimate of drug-likeness (QED) is 0.208. The molecule has 13 nitrogen and oxygen atoms in total. The van der Waals surface area contributed by atoms with E-state index in [-0.39, 0.29) is 18.1 Å². The second-order valence-electron chi connectivity index (χ2n) is 12.7. The third-order valence-corrected chi connectivity index (χ3v) is 10.8. The molecule has 2 aromatic heterocycles. The number of H-pyrrole nitrogens is 1. The van der Waals surface area contributed by atoms with Crippen molar-refractivity contribution in [2.75, 3.05) is 6.61 Å². The number of halogens is 1. The largest absolute Gasteiger partial charge is 0.484 e. The minimum atomic E-state index is -4.52. The molecule has 7 atom stereocenters. The number of alkyl halides is 1. The summed E-state index contributed by atoms with van der Waals surface area (Å²) in [5, 5.41) is 3.45. The summed E-state index contributed by atoms with van der Waals surface area (Å²) < 4.78 is 65.3. The number of esters is 1. The molecule has 1 fully saturated rings. The van der Waals surface area contributed by atoms with E-state index in [4.69, 9.17) is 23.3 Å². The Labute approximate surface area is 285 Å². The number of allylic oxidation sites excluding steroid dienone is 1. The zero-order chi connectivity index (χ0) is 35.4. The van der Waals surface area contributed by atoms with E-state index in [1.165, 1.54) is 13.8 Å². The maximum absolute atomic E-state index is 17.1. The number of ether oxygens (including phenoxy) is 3. The molecule has 2 aliphatic heterocycles. The van der Waals surface area contributed by atoms with Crippen LogP contribution >= 0.6 is 7.75 Å². The molecule has 1 aliphatic carbocycles. The lowest BCUT2D eigenvalue weighted by Crippen LogP contribution is -2.45. The predicted molar refractivity (Wildman–Crippen MR) is 181 cm³/mol. The molecule has 4 aromatic rings. The van der Waals surface area contributed by atoms with Gasteiger partial charge in [-0.2, -0.15) is 5.09 Å². The van der Waals surface area contributed by atoms with Crippen LogP contribution in [-0.2, 0) is 46.3 Å². The van der Waals surface area contributed by atoms with E-state index in [0.717, 1.165) is 33.3 Å². The summed E-state index contributed by atoms with van der Waals surface area (Å²) in [6.07, 6.45) is 0.679. The third kappa shape index (κ3) is 6.02. The van der Waals surface area contributed by atoms with Gasteiger partial charge in [-0.15, -0.1) is 0 Å². The maximum atomic E-state index is 17.1. The number of aromatic nitrogens is 3. The number of carbonyl (C=O) groups excluding carboxylic acids is 1. The summed E-state index contributed by atoms with van der Waals surface area (Å²) in [5.41, 5.74) is -1.11. The van der Waals surface area contributed by atoms with E-state index in [1.807, 2.05) is 73.2 Å². The number of benzene rings is 2. The summed E-state index contributed by atoms with van der Waals surface area (Å²) in [5.74, 6) is -1.09. The van der Waals surface area contributed by atoms with Gasteiger partial charge in [-0.1, -0.05) is 61.5 Å². The molecule has 0 saturated carbocycles. The van der Waals surface area contributed by atoms with E-state index in [1.54, 1.807) is 12.1 Å². The summed E-state index contributed by atoms with van der Waals surface area (Å²) in [6.45, 7) is 3.96. The molecule has 2 aromatic carbocycles. The van der Waals surface area contributed by atoms with Gasteiger partial charge in [-0.3, -0.25) is 23.7 Å². The minimum Gasteiger partial charge on any atom is -0.484 e. The summed E-state index contributed by atoms with van der Waals surface area (Å²) in [7, 11) is -2.64. The number of carbonyl (C=O) groups is 1. The van der Waals surface area contributed by atoms with E-state index in [9.17, 15) is 18.9 Å². The number of nitrogens with one attached hydrogen (secondary N) is 2. The zero-order valence-electron chi connectivity index (χ0n) is 27.7. The molecule has 0 spiro atoms. The van der Waals surface area contributed by atoms with Crippen LogP contribution in [0.4, 0.5) is 4.39 Å². The van der Waals surface area contributed by atoms with E-state index in [0.29, 0.717) is 11.3 Å². The first-order valence-corrected chi connectivity index (χ1v) is 17.7. The highest BCUT2D eigenvalue weighted by Gasteiger charge is 2.59. The van der Waals surface area contributed by atoms with E-state index in [2.05, 4.69) is 10.1 Å². The SMILES string of the molecule is CC1C=Cc2c(c3ccccc3n2C)C2=C1OC1C(COP(=O)(NC(C)C(=O)OCc3ccccc3)O2)OC(n2ccc(=O)[nH]c2=O)C1(C)F. The Hall–Kier alpha value is -4.75. The number of para-hydroxylation sites is 1. The van der Waals surface area contributed by atoms with E-state index < -0.39 is 67.6 Å². The first-order valence-electron chi connectivity index (χ1n) is 16.1. The van der Waals surface area contributed by atoms with Crippen molar-refractivity contribution in [2.45, 2.75) is 57.5 Å². The molecule has 0 amide bonds. The van der Waals surface area contributed by atoms with Crippen molar-refractivity contribution in [3.8, 4) is 0 Å². The van der Waals surface area contributed by atoms with Crippen molar-refractivity contribution < 1.29 is 37.0 Å². The molecule has 3 aliphatic rings. The monoisotopic (exact) mass is 706 g/mol. The van der Waals surface area contributed by atoms with Gasteiger partial charge in [0.15, 0.2) is 23.8 Å². The van der Waals surface area contributed by atoms with Crippen LogP contribution in [0.3, 0.4) is 0 Å². The van der Waals surface area contributed by atoms with Crippen LogP contribution in [0.1, 0.15) is 43.8 Å². The van der Waals surface area contributed by atoms with Gasteiger partial charge in [-0.25, -0.2) is 13.8 Å². The lowest BCUT2D eigenvalue weighted by atomic mass is 9.97. The van der Waals surface area contributed by atoms with Gasteiger partial charge in [0.2, 0.25) is 0 Å². The Morgan fingerprint density at radius 1 is 1.16 bits per heavy atom. The number of nitrogens with zero attached hydrogens (tertiary/aromatic N) is 2. The van der Waals surface area contributed by atoms with Crippen molar-refractivity contribution in [2.24, 2.45) is 13.0 Å². The Morgan fingerprint density at radius 2 is 1.90 bits per heavy atom. The smallest absolute Gasteiger partial charge is 0.459 e. The highest BCUT2D eigenvalue weighted by molar-refractivity contribution is 7.52. The summed E-state index contributed by atoms with van der Waals surface area (Å²) in [6, 6.07) is 16.5. The van der Waals surface area contributed by atoms with Crippen LogP contribution in [0, 0.1) is 5.92 Å². The van der Waals surface area contributed by atoms with Crippen molar-refractivity contribution in [3.05, 3.63) is 116 Å². The van der Waals surface area contributed by atoms with Crippen LogP contribution in [0.2, 0.25) is 0 Å². The second kappa shape index (κ2) is 12.9. The molecule has 0 radical (unpaired) electrons. The highest BCUT2D eigenvalue weighted by atomic mass is 31.2. The van der Waals surface area contributed by atoms with Gasteiger partial charge >= 0.3 is 19.4 Å². The van der Waals surface area contributed by atoms with Crippen LogP contribution in [-0.4, -0.2) is 50.6 Å². The number of hydrogen-bond acceptors (Lipinski definition) is 9. The Kier molecular flexibility index (Phi) is 8.67. The van der Waals surface area contributed by atoms with Crippen LogP contribution in [0.5, 0.6) is 0 Å². The van der Waals surface area contributed by atoms with Gasteiger partial charge in [0.1, 0.15) is 24.5 Å². The van der Waals surface area contributed by atoms with Crippen LogP contribution < -0.4 is 16.3 Å². The maximum Gasteiger partial charge on any atom is 0.459 e. The molecule has 2 N–H and O–H groups in total. The van der Waals surface area contributed by atoms with E-state index >= 15 is 4.39 Å². The zero-order valence-corrected chi connectivity index (χ0v) is 28.6. The lowest BCUT2D eigenvalue weighted by molar-refractivity contribution is -0.146. The molecule has 1 saturated heterocycles. The second-order valence-corrected chi connectivity index (χ2v) is 14.4. The summed E-state index contributed by atoms with van der Waals surface area (Å²) >= 11 is 0. The number of aromatic amines is 1. The van der Waals surface area contributed by atoms with Gasteiger partial charge in [0, 0.05) is 36.1 Å². The van der Waals surface area contributed by atoms with Crippen molar-refractivity contribution in [3.63, 3.8) is 0 Å². The standard InChI is InChI=1S/C35H36FN4O9P/c1-20-14-15-25-28(23-12-8-9-13-24(23)39(25)4)30-29(20)48-31-26(47-33(35(31,3)36)40-17-16-27(41)37-34(40)43)19-46-50(44,49-30)38-21(2)32(42)45-18-22-10-6-5-7-11-22/h5-17,20-21,26,31,33H,18-19H2,1-4H3,(H,38,44)(H,37,41,43). The van der Waals surface area contributed by atoms with Crippen LogP contribution in [0.15, 0.2) is 88.3 Å². The molecule has 15 heteroatoms. The molecule has 0 bridgehead atoms. The van der Waals surface area contributed by atoms with Crippen molar-refractivity contribution >= 4 is 36.5 Å². The molecule has 50 heavy (non-hydrogen) atoms. The first-order chi connectivity index (χ1) is 23.9. The lowest BCUT2D eigenvalue weighted by Gasteiger charge is -2.30. The Balaban J connectivity index is 1.32. The van der Waals surface area contributed by atoms with Gasteiger partial charge in [-0.05, 0) is 31.6 Å². The fraction of sp³-hybridized carbons (Fsp3) is 0.343. The minimum absolute atomic E-state index is 0.0123. The fourth-order valence-corrected chi connectivity index (χ4v) is 8.08. The molecule has 4 heterocycles. The average molecular weight is 707 g/mol. The topological polar surface area (TPSA) is 152 Å². The normalized spacial score (nSPS) is 28.2. The number of rotatable bonds is 6. The van der Waals surface area contributed by atoms with Crippen molar-refractivity contribution in [1.29, 1.82) is 0 Å². The van der Waals surface area contributed by atoms with Crippen molar-refractivity contribution in [1.82, 2.24) is 19.2 Å². The van der Waals surface area contributed by atoms with Gasteiger partial charge in [0.05, 0.1) is 17.9 Å². The fourth-order valence-electron chi connectivity index (χ4n) is 6.55. The Bertz CT molecular complexity index is 2190. The molecule has 7 rings (SSSR count).